The predicted molar refractivity (Wildman–Crippen MR) is 92.1 cm³/mol. The number of amides is 1. The Kier molecular flexibility index (Phi) is 3.94. The zero-order chi connectivity index (χ0) is 16.5. The smallest absolute Gasteiger partial charge is 0.257 e. The summed E-state index contributed by atoms with van der Waals surface area (Å²) in [5.41, 5.74) is 1.66. The van der Waals surface area contributed by atoms with Crippen molar-refractivity contribution in [3.05, 3.63) is 53.1 Å². The van der Waals surface area contributed by atoms with Gasteiger partial charge in [0, 0.05) is 36.9 Å². The largest absolute Gasteiger partial charge is 0.454 e. The minimum atomic E-state index is -0.0110. The molecule has 4 rings (SSSR count). The molecule has 6 heteroatoms. The summed E-state index contributed by atoms with van der Waals surface area (Å²) in [5, 5.41) is 0.725. The maximum atomic E-state index is 12.8. The molecule has 1 saturated heterocycles. The molecule has 0 aliphatic carbocycles. The number of carbonyl (C=O) groups excluding carboxylic acids is 1. The van der Waals surface area contributed by atoms with Gasteiger partial charge in [0.15, 0.2) is 11.5 Å². The van der Waals surface area contributed by atoms with Crippen molar-refractivity contribution in [3.63, 3.8) is 0 Å². The molecule has 0 unspecified atom stereocenters. The third-order valence-corrected chi connectivity index (χ3v) is 4.60. The molecule has 2 aliphatic heterocycles. The quantitative estimate of drug-likeness (QED) is 0.839. The molecular weight excluding hydrogens is 328 g/mol. The van der Waals surface area contributed by atoms with Crippen molar-refractivity contribution in [3.8, 4) is 11.5 Å². The first-order chi connectivity index (χ1) is 11.7. The molecule has 0 N–H and O–H groups in total. The van der Waals surface area contributed by atoms with Crippen LogP contribution in [0.5, 0.6) is 11.5 Å². The minimum Gasteiger partial charge on any atom is -0.454 e. The molecule has 0 radical (unpaired) electrons. The fourth-order valence-corrected chi connectivity index (χ4v) is 3.29. The van der Waals surface area contributed by atoms with Crippen LogP contribution in [0.4, 0.5) is 5.69 Å². The van der Waals surface area contributed by atoms with Gasteiger partial charge in [-0.05, 0) is 30.3 Å². The van der Waals surface area contributed by atoms with Crippen LogP contribution in [-0.4, -0.2) is 43.8 Å². The monoisotopic (exact) mass is 344 g/mol. The lowest BCUT2D eigenvalue weighted by Gasteiger charge is -2.36. The zero-order valence-electron chi connectivity index (χ0n) is 13.1. The van der Waals surface area contributed by atoms with Crippen molar-refractivity contribution in [2.45, 2.75) is 0 Å². The highest BCUT2D eigenvalue weighted by Crippen LogP contribution is 2.36. The maximum absolute atomic E-state index is 12.8. The van der Waals surface area contributed by atoms with E-state index in [0.29, 0.717) is 30.2 Å². The van der Waals surface area contributed by atoms with Gasteiger partial charge < -0.3 is 19.3 Å². The van der Waals surface area contributed by atoms with Crippen LogP contribution in [0, 0.1) is 0 Å². The molecule has 1 amide bonds. The van der Waals surface area contributed by atoms with Crippen LogP contribution in [0.2, 0.25) is 5.02 Å². The maximum Gasteiger partial charge on any atom is 0.257 e. The number of carbonyl (C=O) groups is 1. The standard InChI is InChI=1S/C18H17ClN2O3/c19-13-3-1-4-14(11-13)20-7-9-21(10-8-20)18(22)15-5-2-6-16-17(15)24-12-23-16/h1-6,11H,7-10,12H2. The van der Waals surface area contributed by atoms with E-state index in [0.717, 1.165) is 23.8 Å². The highest BCUT2D eigenvalue weighted by atomic mass is 35.5. The predicted octanol–water partition coefficient (Wildman–Crippen LogP) is 3.03. The zero-order valence-corrected chi connectivity index (χ0v) is 13.8. The Labute approximate surface area is 145 Å². The Hall–Kier alpha value is -2.40. The topological polar surface area (TPSA) is 42.0 Å². The van der Waals surface area contributed by atoms with Gasteiger partial charge in [-0.1, -0.05) is 23.7 Å². The number of rotatable bonds is 2. The van der Waals surface area contributed by atoms with Gasteiger partial charge in [-0.3, -0.25) is 4.79 Å². The molecule has 124 valence electrons. The summed E-state index contributed by atoms with van der Waals surface area (Å²) >= 11 is 6.06. The Bertz CT molecular complexity index is 773. The molecule has 2 heterocycles. The summed E-state index contributed by atoms with van der Waals surface area (Å²) in [6.45, 7) is 3.05. The lowest BCUT2D eigenvalue weighted by Crippen LogP contribution is -2.48. The fraction of sp³-hybridized carbons (Fsp3) is 0.278. The van der Waals surface area contributed by atoms with Crippen LogP contribution in [0.25, 0.3) is 0 Å². The number of hydrogen-bond acceptors (Lipinski definition) is 4. The summed E-state index contributed by atoms with van der Waals surface area (Å²) in [5.74, 6) is 1.18. The lowest BCUT2D eigenvalue weighted by molar-refractivity contribution is 0.0742. The van der Waals surface area contributed by atoms with Gasteiger partial charge in [-0.15, -0.1) is 0 Å². The molecule has 0 aromatic heterocycles. The van der Waals surface area contributed by atoms with E-state index < -0.39 is 0 Å². The van der Waals surface area contributed by atoms with Crippen molar-refractivity contribution in [2.24, 2.45) is 0 Å². The molecule has 1 fully saturated rings. The Balaban J connectivity index is 1.46. The minimum absolute atomic E-state index is 0.0110. The summed E-state index contributed by atoms with van der Waals surface area (Å²) in [6.07, 6.45) is 0. The number of halogens is 1. The highest BCUT2D eigenvalue weighted by molar-refractivity contribution is 6.30. The van der Waals surface area contributed by atoms with Crippen LogP contribution in [0.3, 0.4) is 0 Å². The van der Waals surface area contributed by atoms with Gasteiger partial charge in [-0.25, -0.2) is 0 Å². The van der Waals surface area contributed by atoms with E-state index in [-0.39, 0.29) is 12.7 Å². The number of fused-ring (bicyclic) bond motifs is 1. The SMILES string of the molecule is O=C(c1cccc2c1OCO2)N1CCN(c2cccc(Cl)c2)CC1. The second-order valence-corrected chi connectivity index (χ2v) is 6.23. The Morgan fingerprint density at radius 1 is 1.00 bits per heavy atom. The van der Waals surface area contributed by atoms with Crippen LogP contribution in [0.15, 0.2) is 42.5 Å². The molecule has 2 aliphatic rings. The molecule has 0 atom stereocenters. The van der Waals surface area contributed by atoms with Crippen LogP contribution >= 0.6 is 11.6 Å². The van der Waals surface area contributed by atoms with E-state index in [9.17, 15) is 4.79 Å². The number of anilines is 1. The lowest BCUT2D eigenvalue weighted by atomic mass is 10.1. The van der Waals surface area contributed by atoms with Crippen LogP contribution < -0.4 is 14.4 Å². The fourth-order valence-electron chi connectivity index (χ4n) is 3.11. The van der Waals surface area contributed by atoms with E-state index in [1.165, 1.54) is 0 Å². The average Bonchev–Trinajstić information content (AvgIpc) is 3.10. The van der Waals surface area contributed by atoms with Gasteiger partial charge in [0.05, 0.1) is 5.56 Å². The van der Waals surface area contributed by atoms with Gasteiger partial charge in [-0.2, -0.15) is 0 Å². The van der Waals surface area contributed by atoms with Gasteiger partial charge in [0.2, 0.25) is 6.79 Å². The Morgan fingerprint density at radius 2 is 1.79 bits per heavy atom. The first kappa shape index (κ1) is 15.1. The first-order valence-electron chi connectivity index (χ1n) is 7.91. The number of nitrogens with zero attached hydrogens (tertiary/aromatic N) is 2. The third kappa shape index (κ3) is 2.76. The number of piperazine rings is 1. The number of hydrogen-bond donors (Lipinski definition) is 0. The highest BCUT2D eigenvalue weighted by Gasteiger charge is 2.27. The van der Waals surface area contributed by atoms with Gasteiger partial charge in [0.25, 0.3) is 5.91 Å². The molecular formula is C18H17ClN2O3. The molecule has 0 bridgehead atoms. The van der Waals surface area contributed by atoms with Gasteiger partial charge >= 0.3 is 0 Å². The number of benzene rings is 2. The average molecular weight is 345 g/mol. The normalized spacial score (nSPS) is 16.4. The van der Waals surface area contributed by atoms with E-state index >= 15 is 0 Å². The molecule has 24 heavy (non-hydrogen) atoms. The first-order valence-corrected chi connectivity index (χ1v) is 8.28. The van der Waals surface area contributed by atoms with Crippen molar-refractivity contribution >= 4 is 23.2 Å². The number of para-hydroxylation sites is 1. The van der Waals surface area contributed by atoms with Crippen LogP contribution in [-0.2, 0) is 0 Å². The second-order valence-electron chi connectivity index (χ2n) is 5.80. The number of ether oxygens (including phenoxy) is 2. The van der Waals surface area contributed by atoms with E-state index in [2.05, 4.69) is 4.90 Å². The third-order valence-electron chi connectivity index (χ3n) is 4.37. The van der Waals surface area contributed by atoms with Crippen LogP contribution in [0.1, 0.15) is 10.4 Å². The van der Waals surface area contributed by atoms with Crippen molar-refractivity contribution < 1.29 is 14.3 Å². The Morgan fingerprint density at radius 3 is 2.58 bits per heavy atom. The van der Waals surface area contributed by atoms with E-state index in [1.54, 1.807) is 6.07 Å². The van der Waals surface area contributed by atoms with E-state index in [4.69, 9.17) is 21.1 Å². The van der Waals surface area contributed by atoms with Gasteiger partial charge in [0.1, 0.15) is 0 Å². The summed E-state index contributed by atoms with van der Waals surface area (Å²) < 4.78 is 10.8. The molecule has 5 nitrogen and oxygen atoms in total. The summed E-state index contributed by atoms with van der Waals surface area (Å²) in [7, 11) is 0. The molecule has 2 aromatic carbocycles. The van der Waals surface area contributed by atoms with E-state index in [1.807, 2.05) is 41.3 Å². The van der Waals surface area contributed by atoms with Crippen molar-refractivity contribution in [1.29, 1.82) is 0 Å². The van der Waals surface area contributed by atoms with Crippen molar-refractivity contribution in [1.82, 2.24) is 4.90 Å². The molecule has 0 saturated carbocycles. The summed E-state index contributed by atoms with van der Waals surface area (Å²) in [6, 6.07) is 13.2. The second kappa shape index (κ2) is 6.24. The molecule has 2 aromatic rings. The summed E-state index contributed by atoms with van der Waals surface area (Å²) in [4.78, 5) is 16.9. The molecule has 0 spiro atoms. The van der Waals surface area contributed by atoms with Crippen molar-refractivity contribution in [2.75, 3.05) is 37.9 Å².